The third kappa shape index (κ3) is 29.8. The number of aromatic carboxylic acids is 2. The molecule has 2 atom stereocenters. The summed E-state index contributed by atoms with van der Waals surface area (Å²) in [6.45, 7) is -0.430. The molecule has 1 aliphatic carbocycles. The van der Waals surface area contributed by atoms with Crippen LogP contribution in [0.15, 0.2) is 36.4 Å². The molecule has 506 valence electrons. The number of carboxylic acids is 2. The molecule has 4 aromatic carbocycles. The number of carboxylic acid groups (broad SMARTS) is 2. The number of carbonyl (C=O) groups excluding carboxylic acids is 3. The highest BCUT2D eigenvalue weighted by molar-refractivity contribution is 14.1. The number of carbonyl (C=O) groups is 4. The molecule has 7 rings (SSSR count). The third-order valence-electron chi connectivity index (χ3n) is 12.1. The van der Waals surface area contributed by atoms with Crippen molar-refractivity contribution in [1.29, 1.82) is 0 Å². The Morgan fingerprint density at radius 3 is 1.56 bits per heavy atom. The molecule has 3 fully saturated rings. The van der Waals surface area contributed by atoms with Gasteiger partial charge in [0.2, 0.25) is 5.82 Å². The van der Waals surface area contributed by atoms with Gasteiger partial charge in [-0.05, 0) is 268 Å². The predicted molar refractivity (Wildman–Crippen MR) is 353 cm³/mol. The molecular formula is C53H47F15I8NO13-3. The van der Waals surface area contributed by atoms with E-state index in [4.69, 9.17) is 9.84 Å². The minimum atomic E-state index is -5.45. The summed E-state index contributed by atoms with van der Waals surface area (Å²) < 4.78 is 212. The van der Waals surface area contributed by atoms with Gasteiger partial charge < -0.3 is 54.6 Å². The average molecular weight is 2210 g/mol. The Kier molecular flexibility index (Phi) is 37.8. The number of benzene rings is 4. The summed E-state index contributed by atoms with van der Waals surface area (Å²) in [5, 5.41) is 53.7. The molecule has 14 nitrogen and oxygen atoms in total. The second-order valence-electron chi connectivity index (χ2n) is 19.0. The summed E-state index contributed by atoms with van der Waals surface area (Å²) in [6, 6.07) is 9.72. The van der Waals surface area contributed by atoms with Gasteiger partial charge in [0.1, 0.15) is 19.1 Å². The van der Waals surface area contributed by atoms with Gasteiger partial charge in [0.05, 0.1) is 36.4 Å². The van der Waals surface area contributed by atoms with Crippen LogP contribution >= 0.6 is 181 Å². The predicted octanol–water partition coefficient (Wildman–Crippen LogP) is 14.3. The number of esters is 2. The van der Waals surface area contributed by atoms with Crippen LogP contribution in [0.1, 0.15) is 96.9 Å². The van der Waals surface area contributed by atoms with E-state index in [1.54, 1.807) is 12.1 Å². The molecule has 0 amide bonds. The van der Waals surface area contributed by atoms with Crippen molar-refractivity contribution in [3.8, 4) is 11.5 Å². The van der Waals surface area contributed by atoms with Crippen LogP contribution in [0.25, 0.3) is 0 Å². The van der Waals surface area contributed by atoms with E-state index in [1.807, 2.05) is 86.0 Å². The second kappa shape index (κ2) is 40.0. The zero-order chi connectivity index (χ0) is 68.8. The highest BCUT2D eigenvalue weighted by atomic mass is 127. The molecule has 0 spiro atoms. The number of rotatable bonds is 15. The summed E-state index contributed by atoms with van der Waals surface area (Å²) >= 11 is 16.3. The van der Waals surface area contributed by atoms with Crippen LogP contribution in [0.2, 0.25) is 0 Å². The molecule has 37 heteroatoms. The van der Waals surface area contributed by atoms with Gasteiger partial charge in [-0.2, -0.15) is 43.9 Å². The molecule has 90 heavy (non-hydrogen) atoms. The highest BCUT2D eigenvalue weighted by Crippen LogP contribution is 2.43. The van der Waals surface area contributed by atoms with Crippen molar-refractivity contribution in [2.45, 2.75) is 114 Å². The lowest BCUT2D eigenvalue weighted by molar-refractivity contribution is -0.369. The number of ether oxygens (including phenoxy) is 4. The Morgan fingerprint density at radius 2 is 1.10 bits per heavy atom. The van der Waals surface area contributed by atoms with Crippen molar-refractivity contribution in [3.05, 3.63) is 111 Å². The fraction of sp³-hybridized carbons (Fsp3) is 0.472. The van der Waals surface area contributed by atoms with Gasteiger partial charge in [-0.1, -0.05) is 43.6 Å². The van der Waals surface area contributed by atoms with Gasteiger partial charge in [-0.15, -0.1) is 0 Å². The first kappa shape index (κ1) is 85.1. The second-order valence-corrected chi connectivity index (χ2v) is 28.4. The van der Waals surface area contributed by atoms with E-state index >= 15 is 0 Å². The number of hydrogen-bond donors (Lipinski definition) is 3. The third-order valence-corrected chi connectivity index (χ3v) is 19.5. The van der Waals surface area contributed by atoms with E-state index in [9.17, 15) is 105 Å². The van der Waals surface area contributed by atoms with Gasteiger partial charge in [-0.25, -0.2) is 31.5 Å². The van der Waals surface area contributed by atoms with Crippen molar-refractivity contribution in [2.24, 2.45) is 11.8 Å². The van der Waals surface area contributed by atoms with Crippen LogP contribution in [0.4, 0.5) is 65.9 Å². The Morgan fingerprint density at radius 1 is 0.633 bits per heavy atom. The van der Waals surface area contributed by atoms with Crippen LogP contribution in [0, 0.1) is 69.5 Å². The first-order valence-corrected chi connectivity index (χ1v) is 34.1. The Labute approximate surface area is 612 Å². The van der Waals surface area contributed by atoms with E-state index in [2.05, 4.69) is 132 Å². The van der Waals surface area contributed by atoms with Gasteiger partial charge in [-0.3, -0.25) is 4.79 Å². The first-order chi connectivity index (χ1) is 41.5. The monoisotopic (exact) mass is 2210 g/mol. The molecule has 4 aromatic rings. The molecule has 0 bridgehead atoms. The number of aliphatic hydroxyl groups excluding tert-OH is 1. The lowest BCUT2D eigenvalue weighted by atomic mass is 9.85. The molecule has 0 radical (unpaired) electrons. The maximum absolute atomic E-state index is 13.2. The van der Waals surface area contributed by atoms with E-state index < -0.39 is 120 Å². The van der Waals surface area contributed by atoms with Crippen LogP contribution in [0.3, 0.4) is 0 Å². The minimum Gasteiger partial charge on any atom is -0.871 e. The van der Waals surface area contributed by atoms with Crippen LogP contribution in [-0.2, 0) is 35.1 Å². The van der Waals surface area contributed by atoms with Gasteiger partial charge in [0.25, 0.3) is 0 Å². The van der Waals surface area contributed by atoms with Crippen LogP contribution in [-0.4, -0.2) is 104 Å². The number of alkyl halides is 10. The van der Waals surface area contributed by atoms with Crippen molar-refractivity contribution in [3.63, 3.8) is 0 Å². The summed E-state index contributed by atoms with van der Waals surface area (Å²) in [5.74, 6) is -20.8. The Hall–Kier alpha value is -1.01. The number of halogens is 23. The number of aliphatic hydroxyl groups is 1. The Balaban J connectivity index is 0.000000375. The van der Waals surface area contributed by atoms with Crippen LogP contribution < -0.4 is 20.6 Å². The fourth-order valence-electron chi connectivity index (χ4n) is 7.44. The molecule has 0 aromatic heterocycles. The zero-order valence-corrected chi connectivity index (χ0v) is 62.6. The maximum Gasteiger partial charge on any atom is 0.490 e. The average Bonchev–Trinajstić information content (AvgIpc) is 0.840. The van der Waals surface area contributed by atoms with Crippen molar-refractivity contribution >= 4 is 205 Å². The largest absolute Gasteiger partial charge is 0.871 e. The Bertz CT molecular complexity index is 2930. The van der Waals surface area contributed by atoms with E-state index in [-0.39, 0.29) is 35.8 Å². The van der Waals surface area contributed by atoms with Gasteiger partial charge in [0, 0.05) is 47.3 Å². The summed E-state index contributed by atoms with van der Waals surface area (Å²) in [6.07, 6.45) is -12.7. The lowest BCUT2D eigenvalue weighted by Gasteiger charge is -2.29. The van der Waals surface area contributed by atoms with Gasteiger partial charge >= 0.3 is 42.3 Å². The van der Waals surface area contributed by atoms with Gasteiger partial charge in [0.15, 0.2) is 23.3 Å². The zero-order valence-electron chi connectivity index (χ0n) is 45.4. The van der Waals surface area contributed by atoms with Crippen molar-refractivity contribution in [1.82, 2.24) is 5.32 Å². The molecule has 2 saturated heterocycles. The molecule has 2 aliphatic heterocycles. The first-order valence-electron chi connectivity index (χ1n) is 25.4. The molecule has 3 N–H and O–H groups in total. The SMILES string of the molecule is O=C(O)c1cc(I)cc(I)c1[O-].O=C(OCCC1CCOCC1)C(F)(F)F.O=C(OCc1c(F)c(F)c(F)c(F)c1F)C1CCN1.O=C([O-])c1cc(I)cc(I)c1I.OC(COC(F)(F)C(F)(F)CC(F)(F)F)CC1CCCCC1.[O-]c1c(I)cc(I)cc1I. The van der Waals surface area contributed by atoms with Crippen molar-refractivity contribution < 1.29 is 130 Å². The smallest absolute Gasteiger partial charge is 0.490 e. The topological polar surface area (TPSA) is 227 Å². The quantitative estimate of drug-likeness (QED) is 0.0331. The molecular weight excluding hydrogens is 2160 g/mol. The summed E-state index contributed by atoms with van der Waals surface area (Å²) in [5.41, 5.74) is -1.05. The minimum absolute atomic E-state index is 0.0941. The standard InChI is InChI=1S/C13H19F7O2.C11H8F5NO2.C9H13F3O3.C7H3I3O2.C7H4I2O3.C6H3I3O/c14-11(15,8-12(16,17)18)13(19,20)22-7-10(21)6-9-4-2-1-3-5-9;12-6-4(3-19-11(18)5-1-2-17-5)7(13)9(15)10(16)8(6)14;10-9(11,12)8(13)15-6-3-7-1-4-14-5-2-7;2*8-3-1-4(7(11)12)6(10)5(9)2-3;7-3-1-4(8)6(10)5(9)2-3/h9-10,21H,1-8H2;5,17H,1-3H2;7H,1-6H2;1-2H,(H,11,12);1-2,10H,(H,11,12);1-2,10H/p-3. The molecule has 3 aliphatic rings. The van der Waals surface area contributed by atoms with E-state index in [0.29, 0.717) is 42.1 Å². The fourth-order valence-corrected chi connectivity index (χ4v) is 15.2. The highest BCUT2D eigenvalue weighted by Gasteiger charge is 2.62. The van der Waals surface area contributed by atoms with E-state index in [1.165, 1.54) is 6.07 Å². The number of hydrogen-bond acceptors (Lipinski definition) is 13. The van der Waals surface area contributed by atoms with Crippen LogP contribution in [0.5, 0.6) is 11.5 Å². The lowest BCUT2D eigenvalue weighted by Crippen LogP contribution is -2.49. The van der Waals surface area contributed by atoms with Crippen molar-refractivity contribution in [2.75, 3.05) is 33.0 Å². The summed E-state index contributed by atoms with van der Waals surface area (Å²) in [4.78, 5) is 42.7. The molecule has 2 unspecified atom stereocenters. The maximum atomic E-state index is 13.2. The van der Waals surface area contributed by atoms with E-state index in [0.717, 1.165) is 69.9 Å². The summed E-state index contributed by atoms with van der Waals surface area (Å²) in [7, 11) is 0. The number of nitrogens with one attached hydrogen (secondary N) is 1. The normalized spacial score (nSPS) is 15.6. The molecule has 1 saturated carbocycles. The molecule has 2 heterocycles.